The molecule has 1 amide bonds. The average molecular weight is 293 g/mol. The van der Waals surface area contributed by atoms with Crippen LogP contribution >= 0.6 is 0 Å². The quantitative estimate of drug-likeness (QED) is 0.843. The van der Waals surface area contributed by atoms with Crippen LogP contribution in [0.3, 0.4) is 0 Å². The summed E-state index contributed by atoms with van der Waals surface area (Å²) >= 11 is 0. The lowest BCUT2D eigenvalue weighted by Gasteiger charge is -2.13. The zero-order chi connectivity index (χ0) is 15.6. The predicted molar refractivity (Wildman–Crippen MR) is 74.8 cm³/mol. The molecular formula is C16H14F3NO. The molecule has 0 aliphatic carbocycles. The number of halogens is 3. The van der Waals surface area contributed by atoms with Crippen LogP contribution in [-0.2, 0) is 6.42 Å². The Bertz CT molecular complexity index is 698. The van der Waals surface area contributed by atoms with Crippen molar-refractivity contribution in [2.45, 2.75) is 20.3 Å². The van der Waals surface area contributed by atoms with Crippen molar-refractivity contribution in [3.8, 4) is 0 Å². The van der Waals surface area contributed by atoms with Crippen LogP contribution in [0.15, 0.2) is 30.3 Å². The number of rotatable bonds is 3. The maximum atomic E-state index is 13.6. The summed E-state index contributed by atoms with van der Waals surface area (Å²) in [5.41, 5.74) is 1.73. The molecular weight excluding hydrogens is 279 g/mol. The van der Waals surface area contributed by atoms with Crippen LogP contribution in [0.1, 0.15) is 28.4 Å². The second kappa shape index (κ2) is 5.99. The minimum absolute atomic E-state index is 0.529. The van der Waals surface area contributed by atoms with Crippen molar-refractivity contribution in [3.63, 3.8) is 0 Å². The predicted octanol–water partition coefficient (Wildman–Crippen LogP) is 4.23. The standard InChI is InChI=1S/C16H14F3NO/c1-3-10-6-4-5-9(2)15(10)20-16(21)11-7-8-12(17)14(19)13(11)18/h4-8H,3H2,1-2H3,(H,20,21). The molecule has 2 rings (SSSR count). The van der Waals surface area contributed by atoms with Crippen molar-refractivity contribution in [3.05, 3.63) is 64.5 Å². The Morgan fingerprint density at radius 3 is 2.48 bits per heavy atom. The van der Waals surface area contributed by atoms with Gasteiger partial charge in [-0.3, -0.25) is 4.79 Å². The van der Waals surface area contributed by atoms with E-state index >= 15 is 0 Å². The van der Waals surface area contributed by atoms with Gasteiger partial charge in [-0.2, -0.15) is 0 Å². The molecule has 0 bridgehead atoms. The normalized spacial score (nSPS) is 10.5. The second-order valence-electron chi connectivity index (χ2n) is 4.64. The van der Waals surface area contributed by atoms with Crippen LogP contribution in [0, 0.1) is 24.4 Å². The number of nitrogens with one attached hydrogen (secondary N) is 1. The fraction of sp³-hybridized carbons (Fsp3) is 0.188. The zero-order valence-electron chi connectivity index (χ0n) is 11.6. The summed E-state index contributed by atoms with van der Waals surface area (Å²) in [6, 6.07) is 7.14. The molecule has 0 aromatic heterocycles. The number of benzene rings is 2. The average Bonchev–Trinajstić information content (AvgIpc) is 2.46. The lowest BCUT2D eigenvalue weighted by molar-refractivity contribution is 0.102. The number of anilines is 1. The topological polar surface area (TPSA) is 29.1 Å². The molecule has 2 aromatic carbocycles. The molecule has 2 nitrogen and oxygen atoms in total. The van der Waals surface area contributed by atoms with Crippen molar-refractivity contribution in [2.24, 2.45) is 0 Å². The van der Waals surface area contributed by atoms with E-state index in [1.807, 2.05) is 19.1 Å². The highest BCUT2D eigenvalue weighted by Gasteiger charge is 2.19. The summed E-state index contributed by atoms with van der Waals surface area (Å²) in [6.45, 7) is 3.72. The van der Waals surface area contributed by atoms with Gasteiger partial charge in [0.2, 0.25) is 0 Å². The van der Waals surface area contributed by atoms with E-state index in [4.69, 9.17) is 0 Å². The maximum absolute atomic E-state index is 13.6. The number of hydrogen-bond donors (Lipinski definition) is 1. The summed E-state index contributed by atoms with van der Waals surface area (Å²) in [4.78, 5) is 12.1. The van der Waals surface area contributed by atoms with Gasteiger partial charge < -0.3 is 5.32 Å². The highest BCUT2D eigenvalue weighted by Crippen LogP contribution is 2.23. The molecule has 0 saturated carbocycles. The number of carbonyl (C=O) groups is 1. The Labute approximate surface area is 120 Å². The highest BCUT2D eigenvalue weighted by molar-refractivity contribution is 6.05. The van der Waals surface area contributed by atoms with E-state index in [0.29, 0.717) is 12.1 Å². The molecule has 2 aromatic rings. The SMILES string of the molecule is CCc1cccc(C)c1NC(=O)c1ccc(F)c(F)c1F. The van der Waals surface area contributed by atoms with Gasteiger partial charge in [0, 0.05) is 5.69 Å². The van der Waals surface area contributed by atoms with Gasteiger partial charge >= 0.3 is 0 Å². The Balaban J connectivity index is 2.38. The summed E-state index contributed by atoms with van der Waals surface area (Å²) in [7, 11) is 0. The van der Waals surface area contributed by atoms with E-state index in [2.05, 4.69) is 5.32 Å². The molecule has 1 N–H and O–H groups in total. The zero-order valence-corrected chi connectivity index (χ0v) is 11.6. The number of carbonyl (C=O) groups excluding carboxylic acids is 1. The molecule has 110 valence electrons. The molecule has 5 heteroatoms. The van der Waals surface area contributed by atoms with E-state index in [1.165, 1.54) is 0 Å². The monoisotopic (exact) mass is 293 g/mol. The van der Waals surface area contributed by atoms with Gasteiger partial charge in [0.15, 0.2) is 17.5 Å². The van der Waals surface area contributed by atoms with Gasteiger partial charge in [0.05, 0.1) is 5.56 Å². The fourth-order valence-corrected chi connectivity index (χ4v) is 2.08. The van der Waals surface area contributed by atoms with Crippen molar-refractivity contribution in [1.82, 2.24) is 0 Å². The van der Waals surface area contributed by atoms with Crippen molar-refractivity contribution >= 4 is 11.6 Å². The lowest BCUT2D eigenvalue weighted by atomic mass is 10.1. The molecule has 0 aliphatic rings. The second-order valence-corrected chi connectivity index (χ2v) is 4.64. The highest BCUT2D eigenvalue weighted by atomic mass is 19.2. The first-order chi connectivity index (χ1) is 9.95. The lowest BCUT2D eigenvalue weighted by Crippen LogP contribution is -2.17. The van der Waals surface area contributed by atoms with E-state index in [0.717, 1.165) is 23.3 Å². The minimum Gasteiger partial charge on any atom is -0.321 e. The minimum atomic E-state index is -1.65. The maximum Gasteiger partial charge on any atom is 0.258 e. The van der Waals surface area contributed by atoms with Gasteiger partial charge in [-0.25, -0.2) is 13.2 Å². The number of hydrogen-bond acceptors (Lipinski definition) is 1. The number of aryl methyl sites for hydroxylation is 2. The molecule has 0 spiro atoms. The fourth-order valence-electron chi connectivity index (χ4n) is 2.08. The number of para-hydroxylation sites is 1. The summed E-state index contributed by atoms with van der Waals surface area (Å²) in [5.74, 6) is -5.27. The van der Waals surface area contributed by atoms with Gasteiger partial charge in [0.1, 0.15) is 0 Å². The van der Waals surface area contributed by atoms with E-state index < -0.39 is 28.9 Å². The van der Waals surface area contributed by atoms with Crippen LogP contribution in [-0.4, -0.2) is 5.91 Å². The van der Waals surface area contributed by atoms with Crippen LogP contribution in [0.5, 0.6) is 0 Å². The van der Waals surface area contributed by atoms with E-state index in [1.54, 1.807) is 13.0 Å². The van der Waals surface area contributed by atoms with E-state index in [-0.39, 0.29) is 0 Å². The molecule has 0 fully saturated rings. The molecule has 0 atom stereocenters. The molecule has 21 heavy (non-hydrogen) atoms. The third-order valence-electron chi connectivity index (χ3n) is 3.26. The Hall–Kier alpha value is -2.30. The van der Waals surface area contributed by atoms with Gasteiger partial charge in [-0.05, 0) is 36.6 Å². The summed E-state index contributed by atoms with van der Waals surface area (Å²) in [6.07, 6.45) is 0.678. The molecule has 0 heterocycles. The first-order valence-electron chi connectivity index (χ1n) is 6.49. The van der Waals surface area contributed by atoms with Crippen molar-refractivity contribution < 1.29 is 18.0 Å². The van der Waals surface area contributed by atoms with Crippen LogP contribution < -0.4 is 5.32 Å². The molecule has 0 radical (unpaired) electrons. The van der Waals surface area contributed by atoms with Crippen LogP contribution in [0.2, 0.25) is 0 Å². The first kappa shape index (κ1) is 15.1. The third kappa shape index (κ3) is 2.91. The van der Waals surface area contributed by atoms with Crippen molar-refractivity contribution in [2.75, 3.05) is 5.32 Å². The van der Waals surface area contributed by atoms with Crippen LogP contribution in [0.25, 0.3) is 0 Å². The number of amides is 1. The van der Waals surface area contributed by atoms with Crippen molar-refractivity contribution in [1.29, 1.82) is 0 Å². The Morgan fingerprint density at radius 2 is 1.81 bits per heavy atom. The smallest absolute Gasteiger partial charge is 0.258 e. The molecule has 0 aliphatic heterocycles. The van der Waals surface area contributed by atoms with E-state index in [9.17, 15) is 18.0 Å². The molecule has 0 unspecified atom stereocenters. The van der Waals surface area contributed by atoms with Gasteiger partial charge in [-0.15, -0.1) is 0 Å². The van der Waals surface area contributed by atoms with Gasteiger partial charge in [0.25, 0.3) is 5.91 Å². The third-order valence-corrected chi connectivity index (χ3v) is 3.26. The summed E-state index contributed by atoms with van der Waals surface area (Å²) < 4.78 is 39.7. The van der Waals surface area contributed by atoms with Crippen LogP contribution in [0.4, 0.5) is 18.9 Å². The Kier molecular flexibility index (Phi) is 4.31. The Morgan fingerprint density at radius 1 is 1.10 bits per heavy atom. The summed E-state index contributed by atoms with van der Waals surface area (Å²) in [5, 5.41) is 2.57. The van der Waals surface area contributed by atoms with Gasteiger partial charge in [-0.1, -0.05) is 25.1 Å². The first-order valence-corrected chi connectivity index (χ1v) is 6.49. The molecule has 0 saturated heterocycles. The largest absolute Gasteiger partial charge is 0.321 e.